The van der Waals surface area contributed by atoms with Crippen molar-refractivity contribution in [3.05, 3.63) is 18.3 Å². The molecule has 0 atom stereocenters. The zero-order valence-electron chi connectivity index (χ0n) is 6.48. The molecular formula is C7H8N2O3. The molecule has 12 heavy (non-hydrogen) atoms. The van der Waals surface area contributed by atoms with E-state index in [0.717, 1.165) is 0 Å². The molecular weight excluding hydrogens is 160 g/mol. The maximum absolute atomic E-state index is 10.6. The summed E-state index contributed by atoms with van der Waals surface area (Å²) in [6.07, 6.45) is 0.661. The quantitative estimate of drug-likeness (QED) is 0.628. The Balaban J connectivity index is 2.69. The van der Waals surface area contributed by atoms with Gasteiger partial charge in [0.25, 0.3) is 0 Å². The first-order valence-corrected chi connectivity index (χ1v) is 3.19. The standard InChI is InChI=1S/C7H8N2O3/c1-11-7(10)12-5-2-3-9-6(8)4-5/h2-4H,1H3,(H2,8,9). The highest BCUT2D eigenvalue weighted by atomic mass is 16.7. The van der Waals surface area contributed by atoms with Gasteiger partial charge in [-0.1, -0.05) is 0 Å². The van der Waals surface area contributed by atoms with Crippen molar-refractivity contribution in [3.8, 4) is 5.75 Å². The first-order valence-electron chi connectivity index (χ1n) is 3.19. The van der Waals surface area contributed by atoms with Crippen molar-refractivity contribution >= 4 is 12.0 Å². The van der Waals surface area contributed by atoms with Crippen molar-refractivity contribution in [1.29, 1.82) is 0 Å². The molecule has 0 aliphatic rings. The summed E-state index contributed by atoms with van der Waals surface area (Å²) in [4.78, 5) is 14.3. The van der Waals surface area contributed by atoms with Gasteiger partial charge in [0.2, 0.25) is 0 Å². The minimum atomic E-state index is -0.777. The second-order valence-electron chi connectivity index (χ2n) is 1.97. The average molecular weight is 168 g/mol. The molecule has 5 heteroatoms. The second-order valence-corrected chi connectivity index (χ2v) is 1.97. The van der Waals surface area contributed by atoms with Gasteiger partial charge in [0.1, 0.15) is 11.6 Å². The van der Waals surface area contributed by atoms with Crippen LogP contribution < -0.4 is 10.5 Å². The van der Waals surface area contributed by atoms with Crippen molar-refractivity contribution in [2.75, 3.05) is 12.8 Å². The van der Waals surface area contributed by atoms with E-state index in [1.54, 1.807) is 0 Å². The molecule has 0 amide bonds. The normalized spacial score (nSPS) is 9.08. The fourth-order valence-electron chi connectivity index (χ4n) is 0.629. The molecule has 0 radical (unpaired) electrons. The van der Waals surface area contributed by atoms with Crippen molar-refractivity contribution in [2.24, 2.45) is 0 Å². The van der Waals surface area contributed by atoms with Gasteiger partial charge in [-0.2, -0.15) is 0 Å². The predicted octanol–water partition coefficient (Wildman–Crippen LogP) is 0.809. The minimum absolute atomic E-state index is 0.288. The third-order valence-electron chi connectivity index (χ3n) is 1.12. The number of nitrogen functional groups attached to an aromatic ring is 1. The summed E-state index contributed by atoms with van der Waals surface area (Å²) < 4.78 is 8.93. The summed E-state index contributed by atoms with van der Waals surface area (Å²) in [5.74, 6) is 0.603. The van der Waals surface area contributed by atoms with Crippen LogP contribution in [0.2, 0.25) is 0 Å². The number of ether oxygens (including phenoxy) is 2. The molecule has 0 saturated carbocycles. The van der Waals surface area contributed by atoms with Crippen molar-refractivity contribution < 1.29 is 14.3 Å². The molecule has 0 aliphatic heterocycles. The Morgan fingerprint density at radius 2 is 2.42 bits per heavy atom. The molecule has 5 nitrogen and oxygen atoms in total. The van der Waals surface area contributed by atoms with E-state index in [0.29, 0.717) is 5.75 Å². The molecule has 1 rings (SSSR count). The number of methoxy groups -OCH3 is 1. The van der Waals surface area contributed by atoms with Gasteiger partial charge in [0.15, 0.2) is 0 Å². The summed E-state index contributed by atoms with van der Waals surface area (Å²) in [6.45, 7) is 0. The van der Waals surface area contributed by atoms with Crippen LogP contribution in [-0.2, 0) is 4.74 Å². The monoisotopic (exact) mass is 168 g/mol. The lowest BCUT2D eigenvalue weighted by atomic mass is 10.4. The van der Waals surface area contributed by atoms with Gasteiger partial charge in [0, 0.05) is 12.3 Å². The molecule has 0 spiro atoms. The highest BCUT2D eigenvalue weighted by Gasteiger charge is 2.02. The fourth-order valence-corrected chi connectivity index (χ4v) is 0.629. The molecule has 2 N–H and O–H groups in total. The number of aromatic nitrogens is 1. The number of carbonyl (C=O) groups excluding carboxylic acids is 1. The highest BCUT2D eigenvalue weighted by molar-refractivity contribution is 5.63. The number of nitrogens with two attached hydrogens (primary N) is 1. The van der Waals surface area contributed by atoms with Crippen LogP contribution in [0.4, 0.5) is 10.6 Å². The van der Waals surface area contributed by atoms with Gasteiger partial charge < -0.3 is 15.2 Å². The highest BCUT2D eigenvalue weighted by Crippen LogP contribution is 2.11. The Kier molecular flexibility index (Phi) is 2.47. The van der Waals surface area contributed by atoms with Crippen molar-refractivity contribution in [3.63, 3.8) is 0 Å². The smallest absolute Gasteiger partial charge is 0.437 e. The first kappa shape index (κ1) is 8.32. The van der Waals surface area contributed by atoms with Crippen LogP contribution in [0.1, 0.15) is 0 Å². The minimum Gasteiger partial charge on any atom is -0.437 e. The summed E-state index contributed by atoms with van der Waals surface area (Å²) in [6, 6.07) is 2.93. The van der Waals surface area contributed by atoms with Crippen LogP contribution in [0.3, 0.4) is 0 Å². The van der Waals surface area contributed by atoms with Crippen LogP contribution in [0.25, 0.3) is 0 Å². The van der Waals surface area contributed by atoms with Gasteiger partial charge in [-0.15, -0.1) is 0 Å². The van der Waals surface area contributed by atoms with Gasteiger partial charge in [-0.25, -0.2) is 9.78 Å². The number of hydrogen-bond acceptors (Lipinski definition) is 5. The van der Waals surface area contributed by atoms with E-state index in [-0.39, 0.29) is 5.82 Å². The molecule has 0 aromatic carbocycles. The van der Waals surface area contributed by atoms with Crippen LogP contribution in [0.5, 0.6) is 5.75 Å². The van der Waals surface area contributed by atoms with Gasteiger partial charge in [0.05, 0.1) is 7.11 Å². The van der Waals surface area contributed by atoms with E-state index < -0.39 is 6.16 Å². The van der Waals surface area contributed by atoms with Crippen LogP contribution in [0, 0.1) is 0 Å². The predicted molar refractivity (Wildman–Crippen MR) is 41.7 cm³/mol. The summed E-state index contributed by atoms with van der Waals surface area (Å²) >= 11 is 0. The Bertz CT molecular complexity index is 288. The maximum atomic E-state index is 10.6. The maximum Gasteiger partial charge on any atom is 0.513 e. The largest absolute Gasteiger partial charge is 0.513 e. The fraction of sp³-hybridized carbons (Fsp3) is 0.143. The van der Waals surface area contributed by atoms with Gasteiger partial charge in [-0.3, -0.25) is 0 Å². The SMILES string of the molecule is COC(=O)Oc1ccnc(N)c1. The molecule has 64 valence electrons. The Morgan fingerprint density at radius 1 is 1.67 bits per heavy atom. The summed E-state index contributed by atoms with van der Waals surface area (Å²) in [5, 5.41) is 0. The lowest BCUT2D eigenvalue weighted by Gasteiger charge is -2.01. The van der Waals surface area contributed by atoms with Gasteiger partial charge in [-0.05, 0) is 6.07 Å². The third kappa shape index (κ3) is 2.12. The van der Waals surface area contributed by atoms with Crippen molar-refractivity contribution in [1.82, 2.24) is 4.98 Å². The molecule has 1 aromatic heterocycles. The van der Waals surface area contributed by atoms with E-state index in [9.17, 15) is 4.79 Å². The lowest BCUT2D eigenvalue weighted by molar-refractivity contribution is 0.121. The van der Waals surface area contributed by atoms with E-state index in [1.165, 1.54) is 25.4 Å². The lowest BCUT2D eigenvalue weighted by Crippen LogP contribution is -2.07. The number of anilines is 1. The molecule has 0 aliphatic carbocycles. The molecule has 0 fully saturated rings. The van der Waals surface area contributed by atoms with Gasteiger partial charge >= 0.3 is 6.16 Å². The number of nitrogens with zero attached hydrogens (tertiary/aromatic N) is 1. The van der Waals surface area contributed by atoms with E-state index in [2.05, 4.69) is 14.5 Å². The molecule has 0 unspecified atom stereocenters. The summed E-state index contributed by atoms with van der Waals surface area (Å²) in [7, 11) is 1.23. The molecule has 1 aromatic rings. The topological polar surface area (TPSA) is 74.4 Å². The Hall–Kier alpha value is -1.78. The Labute approximate surface area is 69.1 Å². The molecule has 1 heterocycles. The van der Waals surface area contributed by atoms with E-state index in [4.69, 9.17) is 5.73 Å². The molecule has 0 bridgehead atoms. The second kappa shape index (κ2) is 3.56. The van der Waals surface area contributed by atoms with Crippen molar-refractivity contribution in [2.45, 2.75) is 0 Å². The average Bonchev–Trinajstić information content (AvgIpc) is 2.04. The number of pyridine rings is 1. The van der Waals surface area contributed by atoms with E-state index >= 15 is 0 Å². The third-order valence-corrected chi connectivity index (χ3v) is 1.12. The number of rotatable bonds is 1. The Morgan fingerprint density at radius 3 is 3.00 bits per heavy atom. The zero-order chi connectivity index (χ0) is 8.97. The van der Waals surface area contributed by atoms with Crippen LogP contribution in [0.15, 0.2) is 18.3 Å². The molecule has 0 saturated heterocycles. The number of carbonyl (C=O) groups is 1. The number of hydrogen-bond donors (Lipinski definition) is 1. The zero-order valence-corrected chi connectivity index (χ0v) is 6.48. The first-order chi connectivity index (χ1) is 5.72. The van der Waals surface area contributed by atoms with Crippen LogP contribution in [-0.4, -0.2) is 18.2 Å². The summed E-state index contributed by atoms with van der Waals surface area (Å²) in [5.41, 5.74) is 5.33. The van der Waals surface area contributed by atoms with E-state index in [1.807, 2.05) is 0 Å². The van der Waals surface area contributed by atoms with Crippen LogP contribution >= 0.6 is 0 Å².